The summed E-state index contributed by atoms with van der Waals surface area (Å²) in [4.78, 5) is 13.2. The summed E-state index contributed by atoms with van der Waals surface area (Å²) in [5.74, 6) is 2.20. The van der Waals surface area contributed by atoms with Crippen LogP contribution in [0, 0.1) is 0 Å². The van der Waals surface area contributed by atoms with Crippen molar-refractivity contribution in [2.24, 2.45) is 0 Å². The Kier molecular flexibility index (Phi) is 4.00. The van der Waals surface area contributed by atoms with Gasteiger partial charge in [-0.2, -0.15) is 0 Å². The second-order valence-corrected chi connectivity index (χ2v) is 5.85. The number of rotatable bonds is 4. The number of ether oxygens (including phenoxy) is 2. The lowest BCUT2D eigenvalue weighted by Gasteiger charge is -2.14. The number of hydrogen-bond acceptors (Lipinski definition) is 5. The molecular weight excluding hydrogens is 356 g/mol. The fourth-order valence-corrected chi connectivity index (χ4v) is 3.21. The Hall–Kier alpha value is -3.06. The molecule has 0 saturated carbocycles. The van der Waals surface area contributed by atoms with Crippen molar-refractivity contribution in [3.63, 3.8) is 0 Å². The highest BCUT2D eigenvalue weighted by Gasteiger charge is 2.19. The monoisotopic (exact) mass is 370 g/mol. The summed E-state index contributed by atoms with van der Waals surface area (Å²) in [5, 5.41) is 8.87. The van der Waals surface area contributed by atoms with Crippen LogP contribution in [0.2, 0.25) is 0 Å². The van der Waals surface area contributed by atoms with Crippen LogP contribution in [0.15, 0.2) is 47.3 Å². The van der Waals surface area contributed by atoms with Crippen LogP contribution < -0.4 is 15.0 Å². The van der Waals surface area contributed by atoms with Gasteiger partial charge in [-0.3, -0.25) is 9.20 Å². The lowest BCUT2D eigenvalue weighted by Crippen LogP contribution is -2.22. The maximum atomic E-state index is 13.2. The van der Waals surface area contributed by atoms with Gasteiger partial charge in [0.1, 0.15) is 11.5 Å². The number of nitrogens with zero attached hydrogens (tertiary/aromatic N) is 4. The van der Waals surface area contributed by atoms with Crippen LogP contribution >= 0.6 is 11.6 Å². The van der Waals surface area contributed by atoms with Crippen LogP contribution in [0.4, 0.5) is 0 Å². The molecule has 0 aliphatic rings. The summed E-state index contributed by atoms with van der Waals surface area (Å²) < 4.78 is 14.0. The standard InChI is InChI=1S/C18H15ClN4O3/c1-25-11-7-8-14(15(9-11)26-2)23-17(24)12-5-3-4-6-13(12)22-16(10-19)20-21-18(22)23/h3-9H,10H2,1-2H3. The first kappa shape index (κ1) is 16.4. The second-order valence-electron chi connectivity index (χ2n) is 5.58. The summed E-state index contributed by atoms with van der Waals surface area (Å²) >= 11 is 6.03. The van der Waals surface area contributed by atoms with Gasteiger partial charge < -0.3 is 9.47 Å². The minimum Gasteiger partial charge on any atom is -0.497 e. The zero-order valence-corrected chi connectivity index (χ0v) is 14.9. The highest BCUT2D eigenvalue weighted by atomic mass is 35.5. The first-order valence-corrected chi connectivity index (χ1v) is 8.39. The second kappa shape index (κ2) is 6.34. The Balaban J connectivity index is 2.18. The fraction of sp³-hybridized carbons (Fsp3) is 0.167. The van der Waals surface area contributed by atoms with Gasteiger partial charge in [-0.05, 0) is 24.3 Å². The van der Waals surface area contributed by atoms with Gasteiger partial charge in [0.05, 0.1) is 36.7 Å². The van der Waals surface area contributed by atoms with E-state index >= 15 is 0 Å². The average Bonchev–Trinajstić information content (AvgIpc) is 3.12. The number of aromatic nitrogens is 4. The third-order valence-electron chi connectivity index (χ3n) is 4.24. The third-order valence-corrected chi connectivity index (χ3v) is 4.48. The SMILES string of the molecule is COc1ccc(-n2c(=O)c3ccccc3n3c(CCl)nnc23)c(OC)c1. The molecule has 0 fully saturated rings. The molecule has 2 heterocycles. The normalized spacial score (nSPS) is 11.2. The van der Waals surface area contributed by atoms with Gasteiger partial charge in [-0.25, -0.2) is 4.57 Å². The summed E-state index contributed by atoms with van der Waals surface area (Å²) in [5.41, 5.74) is 1.03. The van der Waals surface area contributed by atoms with Crippen LogP contribution in [0.1, 0.15) is 5.82 Å². The van der Waals surface area contributed by atoms with Gasteiger partial charge >= 0.3 is 0 Å². The van der Waals surface area contributed by atoms with E-state index in [-0.39, 0.29) is 11.4 Å². The molecule has 0 saturated heterocycles. The molecule has 2 aromatic heterocycles. The van der Waals surface area contributed by atoms with Gasteiger partial charge in [0, 0.05) is 6.07 Å². The van der Waals surface area contributed by atoms with E-state index < -0.39 is 0 Å². The first-order valence-electron chi connectivity index (χ1n) is 7.85. The van der Waals surface area contributed by atoms with Gasteiger partial charge in [-0.15, -0.1) is 21.8 Å². The molecule has 0 aliphatic heterocycles. The Morgan fingerprint density at radius 1 is 1.08 bits per heavy atom. The lowest BCUT2D eigenvalue weighted by atomic mass is 10.2. The van der Waals surface area contributed by atoms with E-state index in [1.54, 1.807) is 35.8 Å². The largest absolute Gasteiger partial charge is 0.497 e. The topological polar surface area (TPSA) is 70.7 Å². The summed E-state index contributed by atoms with van der Waals surface area (Å²) in [6.07, 6.45) is 0. The Bertz CT molecular complexity index is 1180. The Labute approximate surface area is 153 Å². The smallest absolute Gasteiger partial charge is 0.267 e. The predicted molar refractivity (Wildman–Crippen MR) is 98.8 cm³/mol. The zero-order chi connectivity index (χ0) is 18.3. The Morgan fingerprint density at radius 3 is 2.62 bits per heavy atom. The van der Waals surface area contributed by atoms with Crippen LogP contribution in [-0.2, 0) is 5.88 Å². The van der Waals surface area contributed by atoms with Crippen LogP contribution in [0.25, 0.3) is 22.4 Å². The minimum atomic E-state index is -0.218. The molecule has 26 heavy (non-hydrogen) atoms. The maximum Gasteiger partial charge on any atom is 0.267 e. The van der Waals surface area contributed by atoms with Gasteiger partial charge in [0.15, 0.2) is 5.82 Å². The van der Waals surface area contributed by atoms with E-state index in [1.807, 2.05) is 18.2 Å². The molecule has 0 atom stereocenters. The van der Waals surface area contributed by atoms with Gasteiger partial charge in [0.2, 0.25) is 5.78 Å². The zero-order valence-electron chi connectivity index (χ0n) is 14.1. The van der Waals surface area contributed by atoms with Crippen LogP contribution in [0.3, 0.4) is 0 Å². The molecule has 2 aromatic carbocycles. The highest BCUT2D eigenvalue weighted by molar-refractivity contribution is 6.16. The molecule has 8 heteroatoms. The van der Waals surface area contributed by atoms with Crippen molar-refractivity contribution in [1.29, 1.82) is 0 Å². The molecule has 0 unspecified atom stereocenters. The molecule has 132 valence electrons. The molecule has 0 radical (unpaired) electrons. The van der Waals surface area contributed by atoms with E-state index in [2.05, 4.69) is 10.2 Å². The van der Waals surface area contributed by atoms with Crippen LogP contribution in [-0.4, -0.2) is 33.4 Å². The van der Waals surface area contributed by atoms with Crippen molar-refractivity contribution in [3.8, 4) is 17.2 Å². The number of para-hydroxylation sites is 1. The summed E-state index contributed by atoms with van der Waals surface area (Å²) in [6, 6.07) is 12.5. The molecule has 0 aliphatic carbocycles. The number of alkyl halides is 1. The van der Waals surface area contributed by atoms with Crippen molar-refractivity contribution < 1.29 is 9.47 Å². The minimum absolute atomic E-state index is 0.170. The first-order chi connectivity index (χ1) is 12.7. The summed E-state index contributed by atoms with van der Waals surface area (Å²) in [6.45, 7) is 0. The maximum absolute atomic E-state index is 13.2. The fourth-order valence-electron chi connectivity index (χ4n) is 3.03. The van der Waals surface area contributed by atoms with Crippen molar-refractivity contribution in [1.82, 2.24) is 19.2 Å². The average molecular weight is 371 g/mol. The number of halogens is 1. The number of benzene rings is 2. The van der Waals surface area contributed by atoms with Gasteiger partial charge in [0.25, 0.3) is 5.56 Å². The molecule has 4 rings (SSSR count). The highest BCUT2D eigenvalue weighted by Crippen LogP contribution is 2.29. The van der Waals surface area contributed by atoms with E-state index in [0.717, 1.165) is 0 Å². The summed E-state index contributed by atoms with van der Waals surface area (Å²) in [7, 11) is 3.11. The van der Waals surface area contributed by atoms with Crippen LogP contribution in [0.5, 0.6) is 11.5 Å². The number of methoxy groups -OCH3 is 2. The molecule has 7 nitrogen and oxygen atoms in total. The predicted octanol–water partition coefficient (Wildman–Crippen LogP) is 2.79. The van der Waals surface area contributed by atoms with Crippen molar-refractivity contribution in [3.05, 3.63) is 58.6 Å². The third kappa shape index (κ3) is 2.32. The van der Waals surface area contributed by atoms with Crippen molar-refractivity contribution in [2.75, 3.05) is 14.2 Å². The molecular formula is C18H15ClN4O3. The van der Waals surface area contributed by atoms with E-state index in [1.165, 1.54) is 11.7 Å². The number of hydrogen-bond donors (Lipinski definition) is 0. The van der Waals surface area contributed by atoms with E-state index in [4.69, 9.17) is 21.1 Å². The molecule has 0 N–H and O–H groups in total. The van der Waals surface area contributed by atoms with Crippen molar-refractivity contribution >= 4 is 28.3 Å². The van der Waals surface area contributed by atoms with E-state index in [0.29, 0.717) is 39.7 Å². The van der Waals surface area contributed by atoms with E-state index in [9.17, 15) is 4.79 Å². The van der Waals surface area contributed by atoms with Crippen molar-refractivity contribution in [2.45, 2.75) is 5.88 Å². The Morgan fingerprint density at radius 2 is 1.88 bits per heavy atom. The molecule has 0 bridgehead atoms. The molecule has 0 amide bonds. The molecule has 0 spiro atoms. The lowest BCUT2D eigenvalue weighted by molar-refractivity contribution is 0.393. The van der Waals surface area contributed by atoms with Gasteiger partial charge in [-0.1, -0.05) is 12.1 Å². The quantitative estimate of drug-likeness (QED) is 0.516. The molecule has 4 aromatic rings. The number of fused-ring (bicyclic) bond motifs is 3.